The quantitative estimate of drug-likeness (QED) is 0.928. The van der Waals surface area contributed by atoms with Gasteiger partial charge in [0.15, 0.2) is 0 Å². The summed E-state index contributed by atoms with van der Waals surface area (Å²) in [6.07, 6.45) is 0.0907. The van der Waals surface area contributed by atoms with E-state index in [1.165, 1.54) is 11.7 Å². The van der Waals surface area contributed by atoms with Crippen LogP contribution < -0.4 is 5.32 Å². The first kappa shape index (κ1) is 12.5. The molecule has 17 heavy (non-hydrogen) atoms. The average Bonchev–Trinajstić information content (AvgIpc) is 2.80. The number of nitrogens with one attached hydrogen (secondary N) is 1. The maximum absolute atomic E-state index is 6.19. The van der Waals surface area contributed by atoms with Gasteiger partial charge < -0.3 is 10.1 Å². The fourth-order valence-electron chi connectivity index (χ4n) is 1.51. The Kier molecular flexibility index (Phi) is 3.81. The molecule has 0 saturated heterocycles. The maximum atomic E-state index is 6.19. The molecule has 0 saturated carbocycles. The third kappa shape index (κ3) is 2.51. The Morgan fingerprint density at radius 2 is 2.12 bits per heavy atom. The van der Waals surface area contributed by atoms with E-state index in [-0.39, 0.29) is 12.1 Å². The Bertz CT molecular complexity index is 516. The molecule has 0 spiro atoms. The number of hydrogen-bond donors (Lipinski definition) is 1. The molecule has 6 heteroatoms. The highest BCUT2D eigenvalue weighted by atomic mass is 35.5. The Morgan fingerprint density at radius 1 is 1.35 bits per heavy atom. The van der Waals surface area contributed by atoms with Gasteiger partial charge in [0.25, 0.3) is 0 Å². The van der Waals surface area contributed by atoms with E-state index < -0.39 is 0 Å². The average molecular weight is 272 g/mol. The molecule has 2 rings (SSSR count). The van der Waals surface area contributed by atoms with Gasteiger partial charge in [0.1, 0.15) is 11.0 Å². The van der Waals surface area contributed by atoms with Crippen molar-refractivity contribution in [3.63, 3.8) is 0 Å². The van der Waals surface area contributed by atoms with Crippen molar-refractivity contribution < 1.29 is 4.74 Å². The molecule has 1 aromatic heterocycles. The number of ether oxygens (including phenoxy) is 1. The Balaban J connectivity index is 2.34. The van der Waals surface area contributed by atoms with Crippen LogP contribution >= 0.6 is 23.3 Å². The van der Waals surface area contributed by atoms with E-state index in [0.717, 1.165) is 16.7 Å². The second-order valence-electron chi connectivity index (χ2n) is 3.93. The SMILES string of the molecule is COC(C)C(C)Nc1c(Cl)ccc2nsnc12. The van der Waals surface area contributed by atoms with Crippen molar-refractivity contribution >= 4 is 40.0 Å². The molecule has 0 fully saturated rings. The number of aromatic nitrogens is 2. The normalized spacial score (nSPS) is 14.8. The summed E-state index contributed by atoms with van der Waals surface area (Å²) in [5.74, 6) is 0. The Hall–Kier alpha value is -0.910. The summed E-state index contributed by atoms with van der Waals surface area (Å²) in [7, 11) is 1.69. The lowest BCUT2D eigenvalue weighted by Gasteiger charge is -2.21. The number of nitrogens with zero attached hydrogens (tertiary/aromatic N) is 2. The summed E-state index contributed by atoms with van der Waals surface area (Å²) in [6.45, 7) is 4.05. The molecule has 0 radical (unpaired) electrons. The van der Waals surface area contributed by atoms with Crippen LogP contribution in [0.5, 0.6) is 0 Å². The summed E-state index contributed by atoms with van der Waals surface area (Å²) >= 11 is 7.37. The molecule has 0 bridgehead atoms. The first-order valence-electron chi connectivity index (χ1n) is 5.33. The number of benzene rings is 1. The van der Waals surface area contributed by atoms with Gasteiger partial charge in [-0.3, -0.25) is 0 Å². The predicted octanol–water partition coefficient (Wildman–Crippen LogP) is 3.18. The second kappa shape index (κ2) is 5.16. The third-order valence-electron chi connectivity index (χ3n) is 2.82. The van der Waals surface area contributed by atoms with Crippen molar-refractivity contribution in [3.8, 4) is 0 Å². The highest BCUT2D eigenvalue weighted by Gasteiger charge is 2.16. The van der Waals surface area contributed by atoms with Crippen LogP contribution in [-0.4, -0.2) is 28.0 Å². The van der Waals surface area contributed by atoms with Gasteiger partial charge in [-0.25, -0.2) is 0 Å². The molecule has 1 heterocycles. The number of halogens is 1. The standard InChI is InChI=1S/C11H14ClN3OS/c1-6(7(2)16-3)13-10-8(12)4-5-9-11(10)15-17-14-9/h4-7,13H,1-3H3. The molecule has 4 nitrogen and oxygen atoms in total. The number of fused-ring (bicyclic) bond motifs is 1. The first-order chi connectivity index (χ1) is 8.13. The van der Waals surface area contributed by atoms with E-state index in [1.807, 2.05) is 26.0 Å². The molecule has 2 unspecified atom stereocenters. The summed E-state index contributed by atoms with van der Waals surface area (Å²) < 4.78 is 13.7. The molecule has 0 aliphatic carbocycles. The Labute approximate surface area is 109 Å². The zero-order valence-electron chi connectivity index (χ0n) is 9.90. The molecule has 0 aliphatic rings. The van der Waals surface area contributed by atoms with Crippen molar-refractivity contribution in [1.82, 2.24) is 8.75 Å². The van der Waals surface area contributed by atoms with Crippen molar-refractivity contribution in [1.29, 1.82) is 0 Å². The number of methoxy groups -OCH3 is 1. The van der Waals surface area contributed by atoms with Gasteiger partial charge in [-0.05, 0) is 26.0 Å². The zero-order chi connectivity index (χ0) is 12.4. The van der Waals surface area contributed by atoms with Crippen LogP contribution in [0.4, 0.5) is 5.69 Å². The van der Waals surface area contributed by atoms with Crippen molar-refractivity contribution in [2.24, 2.45) is 0 Å². The van der Waals surface area contributed by atoms with Crippen molar-refractivity contribution in [3.05, 3.63) is 17.2 Å². The molecule has 1 aromatic carbocycles. The van der Waals surface area contributed by atoms with Crippen LogP contribution in [0.15, 0.2) is 12.1 Å². The fraction of sp³-hybridized carbons (Fsp3) is 0.455. The highest BCUT2D eigenvalue weighted by Crippen LogP contribution is 2.30. The van der Waals surface area contributed by atoms with Gasteiger partial charge >= 0.3 is 0 Å². The largest absolute Gasteiger partial charge is 0.380 e. The van der Waals surface area contributed by atoms with Crippen molar-refractivity contribution in [2.45, 2.75) is 26.0 Å². The van der Waals surface area contributed by atoms with Gasteiger partial charge in [0.05, 0.1) is 28.5 Å². The van der Waals surface area contributed by atoms with E-state index in [4.69, 9.17) is 16.3 Å². The van der Waals surface area contributed by atoms with E-state index in [2.05, 4.69) is 14.1 Å². The van der Waals surface area contributed by atoms with E-state index in [0.29, 0.717) is 5.02 Å². The molecular weight excluding hydrogens is 258 g/mol. The van der Waals surface area contributed by atoms with Gasteiger partial charge in [-0.15, -0.1) is 0 Å². The minimum absolute atomic E-state index is 0.0907. The summed E-state index contributed by atoms with van der Waals surface area (Å²) in [5, 5.41) is 3.99. The second-order valence-corrected chi connectivity index (χ2v) is 4.86. The zero-order valence-corrected chi connectivity index (χ0v) is 11.5. The van der Waals surface area contributed by atoms with Crippen molar-refractivity contribution in [2.75, 3.05) is 12.4 Å². The first-order valence-corrected chi connectivity index (χ1v) is 6.44. The number of rotatable bonds is 4. The number of hydrogen-bond acceptors (Lipinski definition) is 5. The molecule has 92 valence electrons. The molecule has 0 aliphatic heterocycles. The van der Waals surface area contributed by atoms with Crippen LogP contribution in [0.3, 0.4) is 0 Å². The summed E-state index contributed by atoms with van der Waals surface area (Å²) in [6, 6.07) is 3.85. The van der Waals surface area contributed by atoms with Gasteiger partial charge in [0, 0.05) is 13.2 Å². The smallest absolute Gasteiger partial charge is 0.129 e. The molecule has 2 atom stereocenters. The highest BCUT2D eigenvalue weighted by molar-refractivity contribution is 7.00. The van der Waals surface area contributed by atoms with Crippen LogP contribution in [-0.2, 0) is 4.74 Å². The lowest BCUT2D eigenvalue weighted by atomic mass is 10.2. The topological polar surface area (TPSA) is 47.0 Å². The van der Waals surface area contributed by atoms with E-state index >= 15 is 0 Å². The molecule has 1 N–H and O–H groups in total. The van der Waals surface area contributed by atoms with E-state index in [1.54, 1.807) is 7.11 Å². The van der Waals surface area contributed by atoms with Crippen LogP contribution in [0.25, 0.3) is 11.0 Å². The summed E-state index contributed by atoms with van der Waals surface area (Å²) in [4.78, 5) is 0. The lowest BCUT2D eigenvalue weighted by Crippen LogP contribution is -2.29. The van der Waals surface area contributed by atoms with Gasteiger partial charge in [0.2, 0.25) is 0 Å². The molecule has 2 aromatic rings. The van der Waals surface area contributed by atoms with Crippen LogP contribution in [0.2, 0.25) is 5.02 Å². The Morgan fingerprint density at radius 3 is 2.82 bits per heavy atom. The third-order valence-corrected chi connectivity index (χ3v) is 3.68. The molecule has 0 amide bonds. The van der Waals surface area contributed by atoms with Crippen LogP contribution in [0.1, 0.15) is 13.8 Å². The summed E-state index contributed by atoms with van der Waals surface area (Å²) in [5.41, 5.74) is 2.51. The van der Waals surface area contributed by atoms with Crippen LogP contribution in [0, 0.1) is 0 Å². The molecular formula is C11H14ClN3OS. The predicted molar refractivity (Wildman–Crippen MR) is 72.0 cm³/mol. The van der Waals surface area contributed by atoms with Gasteiger partial charge in [-0.2, -0.15) is 8.75 Å². The van der Waals surface area contributed by atoms with Gasteiger partial charge in [-0.1, -0.05) is 11.6 Å². The number of anilines is 1. The lowest BCUT2D eigenvalue weighted by molar-refractivity contribution is 0.106. The fourth-order valence-corrected chi connectivity index (χ4v) is 2.26. The van der Waals surface area contributed by atoms with E-state index in [9.17, 15) is 0 Å². The minimum Gasteiger partial charge on any atom is -0.380 e. The minimum atomic E-state index is 0.0907. The maximum Gasteiger partial charge on any atom is 0.129 e. The monoisotopic (exact) mass is 271 g/mol.